The highest BCUT2D eigenvalue weighted by Crippen LogP contribution is 2.25. The van der Waals surface area contributed by atoms with Crippen LogP contribution in [0.4, 0.5) is 0 Å². The van der Waals surface area contributed by atoms with Crippen molar-refractivity contribution < 1.29 is 19.7 Å². The first-order valence-electron chi connectivity index (χ1n) is 5.74. The van der Waals surface area contributed by atoms with Gasteiger partial charge < -0.3 is 19.9 Å². The predicted octanol–water partition coefficient (Wildman–Crippen LogP) is 1.28. The molecule has 0 aliphatic rings. The van der Waals surface area contributed by atoms with Crippen molar-refractivity contribution >= 4 is 29.5 Å². The number of ether oxygens (including phenoxy) is 1. The monoisotopic (exact) mass is 281 g/mol. The first-order valence-corrected chi connectivity index (χ1v) is 6.38. The molecule has 0 amide bonds. The van der Waals surface area contributed by atoms with E-state index in [9.17, 15) is 15.0 Å². The molecule has 2 unspecified atom stereocenters. The van der Waals surface area contributed by atoms with Gasteiger partial charge in [-0.2, -0.15) is 12.6 Å². The third-order valence-corrected chi connectivity index (χ3v) is 3.38. The average molecular weight is 281 g/mol. The molecule has 1 aromatic heterocycles. The Balaban J connectivity index is 2.46. The summed E-state index contributed by atoms with van der Waals surface area (Å²) >= 11 is 3.94. The number of esters is 1. The molecule has 1 aromatic carbocycles. The van der Waals surface area contributed by atoms with E-state index in [-0.39, 0.29) is 5.75 Å². The standard InChI is InChI=1S/C13H15NO4S/c1-18-13(17)9-5-14-10-3-2-7(4-8(9)10)12(16)11(15)6-19/h2-5,11-12,14-16,19H,6H2,1H3. The molecule has 0 aliphatic carbocycles. The van der Waals surface area contributed by atoms with Gasteiger partial charge in [0.05, 0.1) is 18.8 Å². The quantitative estimate of drug-likeness (QED) is 0.502. The molecule has 0 spiro atoms. The van der Waals surface area contributed by atoms with Gasteiger partial charge in [-0.25, -0.2) is 4.79 Å². The van der Waals surface area contributed by atoms with E-state index in [0.29, 0.717) is 16.5 Å². The number of hydrogen-bond acceptors (Lipinski definition) is 5. The number of aromatic amines is 1. The molecule has 0 saturated carbocycles. The summed E-state index contributed by atoms with van der Waals surface area (Å²) in [5.41, 5.74) is 1.68. The molecule has 2 aromatic rings. The number of thiol groups is 1. The van der Waals surface area contributed by atoms with Crippen LogP contribution in [0.25, 0.3) is 10.9 Å². The predicted molar refractivity (Wildman–Crippen MR) is 74.5 cm³/mol. The van der Waals surface area contributed by atoms with Crippen LogP contribution in [0.15, 0.2) is 24.4 Å². The van der Waals surface area contributed by atoms with Gasteiger partial charge in [0.15, 0.2) is 0 Å². The van der Waals surface area contributed by atoms with Gasteiger partial charge in [0.2, 0.25) is 0 Å². The third-order valence-electron chi connectivity index (χ3n) is 3.00. The number of H-pyrrole nitrogens is 1. The molecule has 2 rings (SSSR count). The number of hydrogen-bond donors (Lipinski definition) is 4. The molecule has 0 saturated heterocycles. The number of benzene rings is 1. The highest BCUT2D eigenvalue weighted by molar-refractivity contribution is 7.80. The van der Waals surface area contributed by atoms with Crippen LogP contribution in [-0.4, -0.2) is 40.1 Å². The third kappa shape index (κ3) is 2.60. The number of rotatable bonds is 4. The summed E-state index contributed by atoms with van der Waals surface area (Å²) in [4.78, 5) is 14.5. The Hall–Kier alpha value is -1.50. The summed E-state index contributed by atoms with van der Waals surface area (Å²) in [7, 11) is 1.31. The van der Waals surface area contributed by atoms with Gasteiger partial charge in [-0.3, -0.25) is 0 Å². The van der Waals surface area contributed by atoms with Crippen molar-refractivity contribution in [2.75, 3.05) is 12.9 Å². The lowest BCUT2D eigenvalue weighted by Crippen LogP contribution is -2.19. The minimum atomic E-state index is -1.04. The van der Waals surface area contributed by atoms with E-state index in [4.69, 9.17) is 0 Å². The van der Waals surface area contributed by atoms with Crippen molar-refractivity contribution in [2.24, 2.45) is 0 Å². The van der Waals surface area contributed by atoms with Crippen molar-refractivity contribution in [3.05, 3.63) is 35.5 Å². The van der Waals surface area contributed by atoms with Gasteiger partial charge in [-0.05, 0) is 17.7 Å². The Bertz CT molecular complexity index is 595. The normalized spacial score (nSPS) is 14.3. The van der Waals surface area contributed by atoms with Crippen LogP contribution >= 0.6 is 12.6 Å². The molecule has 0 fully saturated rings. The number of fused-ring (bicyclic) bond motifs is 1. The van der Waals surface area contributed by atoms with Crippen molar-refractivity contribution in [3.63, 3.8) is 0 Å². The Morgan fingerprint density at radius 3 is 2.84 bits per heavy atom. The van der Waals surface area contributed by atoms with Gasteiger partial charge in [-0.15, -0.1) is 0 Å². The van der Waals surface area contributed by atoms with Crippen LogP contribution in [0.3, 0.4) is 0 Å². The lowest BCUT2D eigenvalue weighted by atomic mass is 10.0. The zero-order chi connectivity index (χ0) is 14.0. The molecule has 0 bridgehead atoms. The topological polar surface area (TPSA) is 82.6 Å². The van der Waals surface area contributed by atoms with Crippen LogP contribution in [0.5, 0.6) is 0 Å². The summed E-state index contributed by atoms with van der Waals surface area (Å²) in [6.45, 7) is 0. The second kappa shape index (κ2) is 5.64. The molecule has 6 heteroatoms. The fraction of sp³-hybridized carbons (Fsp3) is 0.308. The van der Waals surface area contributed by atoms with Crippen molar-refractivity contribution in [3.8, 4) is 0 Å². The molecule has 3 N–H and O–H groups in total. The Kier molecular flexibility index (Phi) is 4.14. The lowest BCUT2D eigenvalue weighted by molar-refractivity contribution is 0.0338. The number of aliphatic hydroxyl groups is 2. The largest absolute Gasteiger partial charge is 0.465 e. The molecule has 19 heavy (non-hydrogen) atoms. The highest BCUT2D eigenvalue weighted by Gasteiger charge is 2.19. The number of carbonyl (C=O) groups is 1. The number of carbonyl (C=O) groups excluding carboxylic acids is 1. The van der Waals surface area contributed by atoms with Crippen LogP contribution in [0.2, 0.25) is 0 Å². The molecule has 0 radical (unpaired) electrons. The zero-order valence-corrected chi connectivity index (χ0v) is 11.2. The van der Waals surface area contributed by atoms with Crippen molar-refractivity contribution in [2.45, 2.75) is 12.2 Å². The number of aliphatic hydroxyl groups excluding tert-OH is 2. The Morgan fingerprint density at radius 1 is 1.47 bits per heavy atom. The van der Waals surface area contributed by atoms with E-state index >= 15 is 0 Å². The Morgan fingerprint density at radius 2 is 2.21 bits per heavy atom. The fourth-order valence-corrected chi connectivity index (χ4v) is 2.12. The second-order valence-electron chi connectivity index (χ2n) is 4.19. The molecule has 5 nitrogen and oxygen atoms in total. The lowest BCUT2D eigenvalue weighted by Gasteiger charge is -2.16. The van der Waals surface area contributed by atoms with Gasteiger partial charge in [0.1, 0.15) is 6.10 Å². The van der Waals surface area contributed by atoms with Crippen LogP contribution in [0, 0.1) is 0 Å². The minimum absolute atomic E-state index is 0.149. The van der Waals surface area contributed by atoms with E-state index in [1.165, 1.54) is 7.11 Å². The molecular formula is C13H15NO4S. The maximum absolute atomic E-state index is 11.6. The molecule has 102 valence electrons. The number of aromatic nitrogens is 1. The van der Waals surface area contributed by atoms with E-state index in [1.54, 1.807) is 24.4 Å². The minimum Gasteiger partial charge on any atom is -0.465 e. The molecule has 2 atom stereocenters. The van der Waals surface area contributed by atoms with Crippen LogP contribution in [-0.2, 0) is 4.74 Å². The second-order valence-corrected chi connectivity index (χ2v) is 4.56. The summed E-state index contributed by atoms with van der Waals surface area (Å²) in [5.74, 6) is -0.302. The van der Waals surface area contributed by atoms with E-state index < -0.39 is 18.2 Å². The van der Waals surface area contributed by atoms with Crippen LogP contribution in [0.1, 0.15) is 22.0 Å². The van der Waals surface area contributed by atoms with E-state index in [2.05, 4.69) is 22.3 Å². The summed E-state index contributed by atoms with van der Waals surface area (Å²) in [6, 6.07) is 5.10. The Labute approximate surface area is 115 Å². The van der Waals surface area contributed by atoms with Crippen molar-refractivity contribution in [1.29, 1.82) is 0 Å². The SMILES string of the molecule is COC(=O)c1c[nH]c2ccc(C(O)C(O)CS)cc12. The van der Waals surface area contributed by atoms with Gasteiger partial charge in [0, 0.05) is 22.9 Å². The summed E-state index contributed by atoms with van der Waals surface area (Å²) in [5, 5.41) is 20.2. The fourth-order valence-electron chi connectivity index (χ4n) is 1.92. The highest BCUT2D eigenvalue weighted by atomic mass is 32.1. The molecule has 0 aliphatic heterocycles. The van der Waals surface area contributed by atoms with Crippen LogP contribution < -0.4 is 0 Å². The average Bonchev–Trinajstić information content (AvgIpc) is 2.87. The zero-order valence-electron chi connectivity index (χ0n) is 10.3. The summed E-state index contributed by atoms with van der Waals surface area (Å²) < 4.78 is 4.69. The number of methoxy groups -OCH3 is 1. The smallest absolute Gasteiger partial charge is 0.340 e. The van der Waals surface area contributed by atoms with Gasteiger partial charge in [0.25, 0.3) is 0 Å². The van der Waals surface area contributed by atoms with E-state index in [0.717, 1.165) is 5.52 Å². The van der Waals surface area contributed by atoms with Gasteiger partial charge in [-0.1, -0.05) is 6.07 Å². The molecular weight excluding hydrogens is 266 g/mol. The van der Waals surface area contributed by atoms with Crippen molar-refractivity contribution in [1.82, 2.24) is 4.98 Å². The van der Waals surface area contributed by atoms with Gasteiger partial charge >= 0.3 is 5.97 Å². The maximum atomic E-state index is 11.6. The number of nitrogens with one attached hydrogen (secondary N) is 1. The first-order chi connectivity index (χ1) is 9.08. The first kappa shape index (κ1) is 13.9. The maximum Gasteiger partial charge on any atom is 0.340 e. The summed E-state index contributed by atoms with van der Waals surface area (Å²) in [6.07, 6.45) is -0.439. The molecule has 1 heterocycles. The van der Waals surface area contributed by atoms with E-state index in [1.807, 2.05) is 0 Å².